The van der Waals surface area contributed by atoms with Crippen LogP contribution in [0.15, 0.2) is 32.8 Å². The molecule has 1 saturated heterocycles. The summed E-state index contributed by atoms with van der Waals surface area (Å²) in [6.07, 6.45) is 5.18. The van der Waals surface area contributed by atoms with Crippen LogP contribution in [0.4, 0.5) is 11.5 Å². The number of aromatic nitrogens is 2. The van der Waals surface area contributed by atoms with E-state index in [1.54, 1.807) is 6.07 Å². The average molecular weight is 363 g/mol. The number of nitrogens with two attached hydrogens (primary N) is 1. The van der Waals surface area contributed by atoms with Crippen LogP contribution in [0.2, 0.25) is 0 Å². The molecule has 0 spiro atoms. The maximum atomic E-state index is 12.2. The molecule has 0 aromatic carbocycles. The van der Waals surface area contributed by atoms with Crippen LogP contribution < -0.4 is 16.6 Å². The lowest BCUT2D eigenvalue weighted by atomic mass is 10.1. The van der Waals surface area contributed by atoms with Crippen LogP contribution >= 0.6 is 11.8 Å². The number of amides is 1. The number of likely N-dealkylation sites (tertiary alicyclic amines) is 1. The number of hydrogen-bond donors (Lipinski definition) is 3. The number of piperidine rings is 1. The van der Waals surface area contributed by atoms with Gasteiger partial charge >= 0.3 is 0 Å². The van der Waals surface area contributed by atoms with Crippen LogP contribution in [0.1, 0.15) is 29.8 Å². The number of H-pyrrole nitrogens is 1. The van der Waals surface area contributed by atoms with Crippen LogP contribution in [-0.2, 0) is 0 Å². The van der Waals surface area contributed by atoms with Gasteiger partial charge in [-0.25, -0.2) is 4.98 Å². The molecule has 0 atom stereocenters. The van der Waals surface area contributed by atoms with Gasteiger partial charge in [0, 0.05) is 12.3 Å². The molecule has 25 heavy (non-hydrogen) atoms. The van der Waals surface area contributed by atoms with Crippen molar-refractivity contribution in [3.05, 3.63) is 34.5 Å². The van der Waals surface area contributed by atoms with Crippen molar-refractivity contribution < 1.29 is 9.21 Å². The Morgan fingerprint density at radius 3 is 2.88 bits per heavy atom. The number of hydrogen-bond acceptors (Lipinski definition) is 7. The van der Waals surface area contributed by atoms with Gasteiger partial charge in [-0.15, -0.1) is 0 Å². The molecular weight excluding hydrogens is 342 g/mol. The standard InChI is InChI=1S/C16H21N5O3S/c17-13-12(18-14(22)11-5-4-9-24-11)15(23)20-16(19-13)25-10-8-21-6-2-1-3-7-21/h4-5,9H,1-3,6-8,10H2,(H,18,22)(H3,17,19,20,23). The zero-order chi connectivity index (χ0) is 17.6. The summed E-state index contributed by atoms with van der Waals surface area (Å²) in [4.78, 5) is 33.4. The Morgan fingerprint density at radius 1 is 1.40 bits per heavy atom. The molecule has 134 valence electrons. The number of carbonyl (C=O) groups is 1. The molecule has 2 aromatic rings. The minimum absolute atomic E-state index is 0.0101. The lowest BCUT2D eigenvalue weighted by molar-refractivity contribution is 0.0996. The Hall–Kier alpha value is -2.26. The van der Waals surface area contributed by atoms with Crippen molar-refractivity contribution in [2.24, 2.45) is 0 Å². The number of nitrogens with zero attached hydrogens (tertiary/aromatic N) is 2. The average Bonchev–Trinajstić information content (AvgIpc) is 3.14. The third kappa shape index (κ3) is 4.64. The van der Waals surface area contributed by atoms with Gasteiger partial charge in [-0.1, -0.05) is 18.2 Å². The van der Waals surface area contributed by atoms with Gasteiger partial charge in [0.25, 0.3) is 11.5 Å². The molecule has 0 aliphatic carbocycles. The number of anilines is 2. The zero-order valence-corrected chi connectivity index (χ0v) is 14.6. The zero-order valence-electron chi connectivity index (χ0n) is 13.8. The maximum absolute atomic E-state index is 12.2. The first-order valence-corrected chi connectivity index (χ1v) is 9.22. The molecule has 9 heteroatoms. The third-order valence-electron chi connectivity index (χ3n) is 4.00. The van der Waals surface area contributed by atoms with E-state index >= 15 is 0 Å². The Bertz CT molecular complexity index is 769. The molecule has 8 nitrogen and oxygen atoms in total. The highest BCUT2D eigenvalue weighted by Crippen LogP contribution is 2.18. The quantitative estimate of drug-likeness (QED) is 0.529. The lowest BCUT2D eigenvalue weighted by Crippen LogP contribution is -2.31. The first kappa shape index (κ1) is 17.6. The first-order chi connectivity index (χ1) is 12.1. The van der Waals surface area contributed by atoms with Crippen LogP contribution in [-0.4, -0.2) is 46.2 Å². The van der Waals surface area contributed by atoms with Crippen LogP contribution in [0.25, 0.3) is 0 Å². The smallest absolute Gasteiger partial charge is 0.291 e. The molecule has 0 unspecified atom stereocenters. The Balaban J connectivity index is 1.59. The van der Waals surface area contributed by atoms with Gasteiger partial charge in [0.05, 0.1) is 6.26 Å². The summed E-state index contributed by atoms with van der Waals surface area (Å²) >= 11 is 1.45. The molecule has 0 saturated carbocycles. The van der Waals surface area contributed by atoms with E-state index < -0.39 is 11.5 Å². The van der Waals surface area contributed by atoms with E-state index in [9.17, 15) is 9.59 Å². The van der Waals surface area contributed by atoms with Crippen molar-refractivity contribution in [1.82, 2.24) is 14.9 Å². The van der Waals surface area contributed by atoms with Crippen molar-refractivity contribution in [3.8, 4) is 0 Å². The Labute approximate surface area is 149 Å². The molecule has 0 bridgehead atoms. The fourth-order valence-electron chi connectivity index (χ4n) is 2.70. The molecule has 1 aliphatic heterocycles. The summed E-state index contributed by atoms with van der Waals surface area (Å²) in [7, 11) is 0. The van der Waals surface area contributed by atoms with Crippen molar-refractivity contribution in [1.29, 1.82) is 0 Å². The number of carbonyl (C=O) groups excluding carboxylic acids is 1. The Kier molecular flexibility index (Phi) is 5.77. The van der Waals surface area contributed by atoms with Gasteiger partial charge < -0.3 is 20.4 Å². The first-order valence-electron chi connectivity index (χ1n) is 8.23. The minimum Gasteiger partial charge on any atom is -0.459 e. The Morgan fingerprint density at radius 2 is 2.20 bits per heavy atom. The predicted octanol–water partition coefficient (Wildman–Crippen LogP) is 1.78. The summed E-state index contributed by atoms with van der Waals surface area (Å²) in [6, 6.07) is 3.08. The number of aromatic amines is 1. The number of nitrogen functional groups attached to an aromatic ring is 1. The minimum atomic E-state index is -0.547. The van der Waals surface area contributed by atoms with Gasteiger partial charge in [-0.3, -0.25) is 14.6 Å². The largest absolute Gasteiger partial charge is 0.459 e. The SMILES string of the molecule is Nc1nc(SCCN2CCCCC2)[nH]c(=O)c1NC(=O)c1ccco1. The summed E-state index contributed by atoms with van der Waals surface area (Å²) in [6.45, 7) is 3.21. The van der Waals surface area contributed by atoms with E-state index in [0.717, 1.165) is 25.4 Å². The van der Waals surface area contributed by atoms with Crippen LogP contribution in [0.5, 0.6) is 0 Å². The van der Waals surface area contributed by atoms with E-state index in [4.69, 9.17) is 10.2 Å². The van der Waals surface area contributed by atoms with E-state index in [1.807, 2.05) is 0 Å². The lowest BCUT2D eigenvalue weighted by Gasteiger charge is -2.25. The highest BCUT2D eigenvalue weighted by atomic mass is 32.2. The van der Waals surface area contributed by atoms with Crippen molar-refractivity contribution in [3.63, 3.8) is 0 Å². The second-order valence-corrected chi connectivity index (χ2v) is 6.90. The molecule has 1 fully saturated rings. The fraction of sp³-hybridized carbons (Fsp3) is 0.438. The second kappa shape index (κ2) is 8.21. The number of thioether (sulfide) groups is 1. The highest BCUT2D eigenvalue weighted by Gasteiger charge is 2.16. The molecule has 2 aromatic heterocycles. The summed E-state index contributed by atoms with van der Waals surface area (Å²) in [5.41, 5.74) is 5.29. The van der Waals surface area contributed by atoms with Crippen LogP contribution in [0.3, 0.4) is 0 Å². The molecule has 4 N–H and O–H groups in total. The van der Waals surface area contributed by atoms with E-state index in [1.165, 1.54) is 43.4 Å². The van der Waals surface area contributed by atoms with Crippen molar-refractivity contribution >= 4 is 29.2 Å². The predicted molar refractivity (Wildman–Crippen MR) is 96.9 cm³/mol. The molecule has 1 aliphatic rings. The number of rotatable bonds is 6. The summed E-state index contributed by atoms with van der Waals surface area (Å²) in [5.74, 6) is 0.359. The van der Waals surface area contributed by atoms with E-state index in [-0.39, 0.29) is 17.3 Å². The van der Waals surface area contributed by atoms with Crippen molar-refractivity contribution in [2.75, 3.05) is 36.4 Å². The van der Waals surface area contributed by atoms with Gasteiger partial charge in [0.1, 0.15) is 0 Å². The number of furan rings is 1. The molecule has 0 radical (unpaired) electrons. The van der Waals surface area contributed by atoms with E-state index in [0.29, 0.717) is 5.16 Å². The molecule has 1 amide bonds. The molecule has 3 heterocycles. The normalized spacial score (nSPS) is 15.2. The van der Waals surface area contributed by atoms with E-state index in [2.05, 4.69) is 20.2 Å². The van der Waals surface area contributed by atoms with Crippen LogP contribution in [0, 0.1) is 0 Å². The van der Waals surface area contributed by atoms with Gasteiger partial charge in [-0.2, -0.15) is 0 Å². The van der Waals surface area contributed by atoms with Gasteiger partial charge in [-0.05, 0) is 38.1 Å². The maximum Gasteiger partial charge on any atom is 0.291 e. The summed E-state index contributed by atoms with van der Waals surface area (Å²) < 4.78 is 4.99. The highest BCUT2D eigenvalue weighted by molar-refractivity contribution is 7.99. The van der Waals surface area contributed by atoms with Crippen molar-refractivity contribution in [2.45, 2.75) is 24.4 Å². The molecular formula is C16H21N5O3S. The monoisotopic (exact) mass is 363 g/mol. The topological polar surface area (TPSA) is 117 Å². The summed E-state index contributed by atoms with van der Waals surface area (Å²) in [5, 5.41) is 2.89. The second-order valence-electron chi connectivity index (χ2n) is 5.81. The molecule has 3 rings (SSSR count). The van der Waals surface area contributed by atoms with Gasteiger partial charge in [0.2, 0.25) is 0 Å². The number of nitrogens with one attached hydrogen (secondary N) is 2. The third-order valence-corrected chi connectivity index (χ3v) is 4.86. The fourth-order valence-corrected chi connectivity index (χ4v) is 3.57. The van der Waals surface area contributed by atoms with Gasteiger partial charge in [0.15, 0.2) is 22.4 Å².